The molecule has 6 rings (SSSR count). The highest BCUT2D eigenvalue weighted by Gasteiger charge is 2.43. The monoisotopic (exact) mass is 591 g/mol. The molecule has 2 fully saturated rings. The van der Waals surface area contributed by atoms with Gasteiger partial charge in [0.15, 0.2) is 12.4 Å². The zero-order valence-electron chi connectivity index (χ0n) is 23.9. The quantitative estimate of drug-likeness (QED) is 0.162. The van der Waals surface area contributed by atoms with E-state index in [0.29, 0.717) is 43.1 Å². The Balaban J connectivity index is 1.03. The lowest BCUT2D eigenvalue weighted by Gasteiger charge is -2.38. The predicted octanol–water partition coefficient (Wildman–Crippen LogP) is 4.99. The molecule has 9 heteroatoms. The molecule has 0 aromatic heterocycles. The number of carbonyl (C=O) groups is 4. The fraction of sp³-hybridized carbons (Fsp3) is 0.200. The van der Waals surface area contributed by atoms with Crippen LogP contribution in [0.4, 0.5) is 15.8 Å². The van der Waals surface area contributed by atoms with Crippen molar-refractivity contribution in [1.82, 2.24) is 4.90 Å². The number of hydrogen-bond donors (Lipinski definition) is 0. The van der Waals surface area contributed by atoms with Gasteiger partial charge in [0.2, 0.25) is 5.91 Å². The van der Waals surface area contributed by atoms with Gasteiger partial charge in [0.25, 0.3) is 5.91 Å². The van der Waals surface area contributed by atoms with Crippen molar-refractivity contribution in [2.75, 3.05) is 42.6 Å². The van der Waals surface area contributed by atoms with E-state index in [1.165, 1.54) is 30.3 Å². The number of ketones is 1. The van der Waals surface area contributed by atoms with Crippen molar-refractivity contribution < 1.29 is 28.3 Å². The largest absolute Gasteiger partial charge is 0.454 e. The first-order valence-electron chi connectivity index (χ1n) is 14.5. The molecule has 2 heterocycles. The molecular weight excluding hydrogens is 561 g/mol. The number of imide groups is 1. The van der Waals surface area contributed by atoms with Crippen LogP contribution in [-0.2, 0) is 14.3 Å². The third-order valence-electron chi connectivity index (χ3n) is 8.08. The van der Waals surface area contributed by atoms with E-state index in [1.54, 1.807) is 30.3 Å². The maximum atomic E-state index is 14.2. The van der Waals surface area contributed by atoms with E-state index in [2.05, 4.69) is 0 Å². The van der Waals surface area contributed by atoms with E-state index in [0.717, 1.165) is 16.0 Å². The summed E-state index contributed by atoms with van der Waals surface area (Å²) in [5, 5.41) is 0. The average Bonchev–Trinajstić information content (AvgIpc) is 3.37. The Labute approximate surface area is 254 Å². The predicted molar refractivity (Wildman–Crippen MR) is 164 cm³/mol. The topological polar surface area (TPSA) is 87.2 Å². The van der Waals surface area contributed by atoms with Gasteiger partial charge in [-0.25, -0.2) is 14.1 Å². The third kappa shape index (κ3) is 6.00. The van der Waals surface area contributed by atoms with Gasteiger partial charge < -0.3 is 9.64 Å². The lowest BCUT2D eigenvalue weighted by Crippen LogP contribution is -2.52. The SMILES string of the molecule is O=C(COC(=O)c1ccc(N2C(=O)CC(N3CCN(c4ccccc4F)CC3)C2=O)cc1)c1ccc(-c2ccccc2)cc1. The van der Waals surface area contributed by atoms with Crippen LogP contribution in [0.2, 0.25) is 0 Å². The second-order valence-electron chi connectivity index (χ2n) is 10.8. The Morgan fingerprint density at radius 2 is 1.34 bits per heavy atom. The minimum Gasteiger partial charge on any atom is -0.454 e. The molecule has 4 aromatic rings. The van der Waals surface area contributed by atoms with Crippen LogP contribution >= 0.6 is 0 Å². The summed E-state index contributed by atoms with van der Waals surface area (Å²) in [4.78, 5) is 56.5. The van der Waals surface area contributed by atoms with Crippen molar-refractivity contribution >= 4 is 34.9 Å². The number of esters is 1. The minimum absolute atomic E-state index is 0.0523. The number of rotatable bonds is 8. The van der Waals surface area contributed by atoms with Gasteiger partial charge in [-0.2, -0.15) is 0 Å². The van der Waals surface area contributed by atoms with Crippen LogP contribution in [0, 0.1) is 5.82 Å². The molecule has 0 spiro atoms. The number of nitrogens with zero attached hydrogens (tertiary/aromatic N) is 3. The number of carbonyl (C=O) groups excluding carboxylic acids is 4. The molecule has 1 atom stereocenters. The Hall–Kier alpha value is -5.15. The van der Waals surface area contributed by atoms with Gasteiger partial charge in [0, 0.05) is 31.7 Å². The Morgan fingerprint density at radius 3 is 2.02 bits per heavy atom. The summed E-state index contributed by atoms with van der Waals surface area (Å²) in [5.41, 5.74) is 3.53. The normalized spacial score (nSPS) is 17.2. The lowest BCUT2D eigenvalue weighted by molar-refractivity contribution is -0.123. The van der Waals surface area contributed by atoms with Crippen LogP contribution in [0.1, 0.15) is 27.1 Å². The molecular formula is C35H30FN3O5. The van der Waals surface area contributed by atoms with E-state index >= 15 is 0 Å². The van der Waals surface area contributed by atoms with Gasteiger partial charge in [-0.3, -0.25) is 19.3 Å². The number of Topliss-reactive ketones (excluding diaryl/α,β-unsaturated/α-hetero) is 1. The van der Waals surface area contributed by atoms with Crippen LogP contribution in [0.15, 0.2) is 103 Å². The van der Waals surface area contributed by atoms with Crippen LogP contribution < -0.4 is 9.80 Å². The molecule has 44 heavy (non-hydrogen) atoms. The first kappa shape index (κ1) is 28.9. The molecule has 0 radical (unpaired) electrons. The smallest absolute Gasteiger partial charge is 0.338 e. The van der Waals surface area contributed by atoms with Crippen LogP contribution in [0.3, 0.4) is 0 Å². The molecule has 2 aliphatic rings. The summed E-state index contributed by atoms with van der Waals surface area (Å²) in [5.74, 6) is -1.95. The molecule has 2 amide bonds. The standard InChI is InChI=1S/C35H30FN3O5/c36-29-8-4-5-9-30(29)37-18-20-38(21-19-37)31-22-33(41)39(34(31)42)28-16-14-27(15-17-28)35(43)44-23-32(40)26-12-10-25(11-13-26)24-6-2-1-3-7-24/h1-17,31H,18-23H2. The van der Waals surface area contributed by atoms with Crippen molar-refractivity contribution in [3.05, 3.63) is 120 Å². The number of piperazine rings is 1. The van der Waals surface area contributed by atoms with Gasteiger partial charge >= 0.3 is 5.97 Å². The second-order valence-corrected chi connectivity index (χ2v) is 10.8. The minimum atomic E-state index is -0.685. The molecule has 0 aliphatic carbocycles. The highest BCUT2D eigenvalue weighted by atomic mass is 19.1. The number of benzene rings is 4. The first-order chi connectivity index (χ1) is 21.4. The molecule has 8 nitrogen and oxygen atoms in total. The van der Waals surface area contributed by atoms with Gasteiger partial charge in [-0.05, 0) is 47.5 Å². The van der Waals surface area contributed by atoms with Gasteiger partial charge in [-0.15, -0.1) is 0 Å². The lowest BCUT2D eigenvalue weighted by atomic mass is 10.0. The number of anilines is 2. The van der Waals surface area contributed by atoms with Crippen LogP contribution in [0.5, 0.6) is 0 Å². The fourth-order valence-corrected chi connectivity index (χ4v) is 5.68. The van der Waals surface area contributed by atoms with Gasteiger partial charge in [0.1, 0.15) is 5.82 Å². The number of ether oxygens (including phenoxy) is 1. The highest BCUT2D eigenvalue weighted by Crippen LogP contribution is 2.28. The van der Waals surface area contributed by atoms with Gasteiger partial charge in [0.05, 0.1) is 29.4 Å². The Bertz CT molecular complexity index is 1680. The summed E-state index contributed by atoms with van der Waals surface area (Å²) in [7, 11) is 0. The first-order valence-corrected chi connectivity index (χ1v) is 14.5. The molecule has 4 aromatic carbocycles. The maximum Gasteiger partial charge on any atom is 0.338 e. The van der Waals surface area contributed by atoms with Gasteiger partial charge in [-0.1, -0.05) is 66.7 Å². The molecule has 0 saturated carbocycles. The second kappa shape index (κ2) is 12.6. The van der Waals surface area contributed by atoms with Crippen LogP contribution in [0.25, 0.3) is 11.1 Å². The Morgan fingerprint density at radius 1 is 0.727 bits per heavy atom. The summed E-state index contributed by atoms with van der Waals surface area (Å²) in [6.45, 7) is 1.70. The van der Waals surface area contributed by atoms with E-state index < -0.39 is 18.6 Å². The molecule has 0 N–H and O–H groups in total. The van der Waals surface area contributed by atoms with Crippen molar-refractivity contribution in [3.63, 3.8) is 0 Å². The average molecular weight is 592 g/mol. The molecule has 222 valence electrons. The van der Waals surface area contributed by atoms with Crippen LogP contribution in [-0.4, -0.2) is 67.3 Å². The zero-order valence-corrected chi connectivity index (χ0v) is 23.9. The number of amides is 2. The molecule has 2 aliphatic heterocycles. The number of para-hydroxylation sites is 1. The van der Waals surface area contributed by atoms with E-state index in [1.807, 2.05) is 52.3 Å². The van der Waals surface area contributed by atoms with E-state index in [9.17, 15) is 23.6 Å². The van der Waals surface area contributed by atoms with Crippen molar-refractivity contribution in [2.45, 2.75) is 12.5 Å². The fourth-order valence-electron chi connectivity index (χ4n) is 5.68. The number of hydrogen-bond acceptors (Lipinski definition) is 7. The summed E-state index contributed by atoms with van der Waals surface area (Å²) in [6, 6.07) is 28.9. The molecule has 2 saturated heterocycles. The Kier molecular flexibility index (Phi) is 8.29. The van der Waals surface area contributed by atoms with E-state index in [4.69, 9.17) is 4.74 Å². The summed E-state index contributed by atoms with van der Waals surface area (Å²) >= 11 is 0. The van der Waals surface area contributed by atoms with Crippen molar-refractivity contribution in [2.24, 2.45) is 0 Å². The number of halogens is 1. The van der Waals surface area contributed by atoms with Crippen molar-refractivity contribution in [1.29, 1.82) is 0 Å². The highest BCUT2D eigenvalue weighted by molar-refractivity contribution is 6.22. The third-order valence-corrected chi connectivity index (χ3v) is 8.08. The molecule has 0 bridgehead atoms. The summed E-state index contributed by atoms with van der Waals surface area (Å²) < 4.78 is 19.4. The molecule has 1 unspecified atom stereocenters. The van der Waals surface area contributed by atoms with E-state index in [-0.39, 0.29) is 35.4 Å². The maximum absolute atomic E-state index is 14.2. The zero-order chi connectivity index (χ0) is 30.6. The summed E-state index contributed by atoms with van der Waals surface area (Å²) in [6.07, 6.45) is 0.0523. The van der Waals surface area contributed by atoms with Crippen molar-refractivity contribution in [3.8, 4) is 11.1 Å².